The second kappa shape index (κ2) is 12.6. The molecule has 12 heteroatoms. The third kappa shape index (κ3) is 6.23. The maximum Gasteiger partial charge on any atom is 0.260 e. The van der Waals surface area contributed by atoms with Gasteiger partial charge in [-0.15, -0.1) is 12.4 Å². The number of aromatic nitrogens is 1. The summed E-state index contributed by atoms with van der Waals surface area (Å²) in [6.07, 6.45) is 2.76. The van der Waals surface area contributed by atoms with Crippen molar-refractivity contribution in [3.63, 3.8) is 0 Å². The second-order valence-electron chi connectivity index (χ2n) is 9.42. The van der Waals surface area contributed by atoms with E-state index in [-0.39, 0.29) is 29.3 Å². The molecule has 3 aromatic rings. The van der Waals surface area contributed by atoms with Gasteiger partial charge in [-0.1, -0.05) is 17.8 Å². The van der Waals surface area contributed by atoms with Gasteiger partial charge in [0.05, 0.1) is 29.3 Å². The molecule has 38 heavy (non-hydrogen) atoms. The maximum atomic E-state index is 13.7. The number of likely N-dealkylation sites (N-methyl/N-ethyl adjacent to an activating group) is 1. The van der Waals surface area contributed by atoms with E-state index in [1.165, 1.54) is 23.5 Å². The lowest BCUT2D eigenvalue weighted by molar-refractivity contribution is 0.0985. The predicted molar refractivity (Wildman–Crippen MR) is 154 cm³/mol. The normalized spacial score (nSPS) is 16.3. The molecule has 0 aliphatic carbocycles. The zero-order valence-electron chi connectivity index (χ0n) is 22.3. The van der Waals surface area contributed by atoms with Crippen molar-refractivity contribution in [1.82, 2.24) is 14.2 Å². The zero-order valence-corrected chi connectivity index (χ0v) is 24.8. The highest BCUT2D eigenvalue weighted by molar-refractivity contribution is 7.89. The molecule has 1 unspecified atom stereocenters. The number of hydrogen-bond acceptors (Lipinski definition) is 8. The van der Waals surface area contributed by atoms with Gasteiger partial charge < -0.3 is 14.4 Å². The van der Waals surface area contributed by atoms with Gasteiger partial charge in [0.25, 0.3) is 5.91 Å². The zero-order chi connectivity index (χ0) is 26.7. The van der Waals surface area contributed by atoms with E-state index in [4.69, 9.17) is 14.5 Å². The second-order valence-corrected chi connectivity index (χ2v) is 12.3. The fraction of sp³-hybridized carbons (Fsp3) is 0.462. The van der Waals surface area contributed by atoms with Gasteiger partial charge >= 0.3 is 0 Å². The van der Waals surface area contributed by atoms with Crippen LogP contribution in [-0.4, -0.2) is 82.5 Å². The molecule has 1 atom stereocenters. The van der Waals surface area contributed by atoms with Crippen LogP contribution in [0.5, 0.6) is 11.5 Å². The van der Waals surface area contributed by atoms with E-state index in [2.05, 4.69) is 0 Å². The molecule has 0 saturated carbocycles. The van der Waals surface area contributed by atoms with Crippen LogP contribution in [0.25, 0.3) is 10.2 Å². The quantitative estimate of drug-likeness (QED) is 0.366. The lowest BCUT2D eigenvalue weighted by atomic mass is 10.1. The van der Waals surface area contributed by atoms with Crippen molar-refractivity contribution in [3.8, 4) is 11.5 Å². The van der Waals surface area contributed by atoms with Crippen molar-refractivity contribution in [3.05, 3.63) is 42.0 Å². The van der Waals surface area contributed by atoms with Gasteiger partial charge in [0.1, 0.15) is 0 Å². The largest absolute Gasteiger partial charge is 0.493 e. The Morgan fingerprint density at radius 3 is 2.34 bits per heavy atom. The van der Waals surface area contributed by atoms with Crippen LogP contribution in [-0.2, 0) is 10.0 Å². The number of amides is 1. The first kappa shape index (κ1) is 30.1. The average Bonchev–Trinajstić information content (AvgIpc) is 3.30. The van der Waals surface area contributed by atoms with Crippen molar-refractivity contribution in [1.29, 1.82) is 0 Å². The summed E-state index contributed by atoms with van der Waals surface area (Å²) < 4.78 is 39.7. The van der Waals surface area contributed by atoms with Crippen molar-refractivity contribution in [2.75, 3.05) is 52.8 Å². The van der Waals surface area contributed by atoms with Crippen LogP contribution in [0, 0.1) is 0 Å². The van der Waals surface area contributed by atoms with Crippen molar-refractivity contribution < 1.29 is 22.7 Å². The summed E-state index contributed by atoms with van der Waals surface area (Å²) >= 11 is 1.39. The van der Waals surface area contributed by atoms with Gasteiger partial charge in [0.2, 0.25) is 10.0 Å². The highest BCUT2D eigenvalue weighted by Gasteiger charge is 2.31. The standard InChI is InChI=1S/C26H34N4O5S2.ClH/c1-18-8-6-7-13-30(18)37(32,33)20-11-9-19(10-12-20)25(31)29(15-14-28(2)3)26-27-21-16-22(34-4)23(35-5)17-24(21)36-26;/h9-12,16-18H,6-8,13-15H2,1-5H3;1H. The molecule has 1 saturated heterocycles. The Morgan fingerprint density at radius 1 is 1.08 bits per heavy atom. The first-order valence-corrected chi connectivity index (χ1v) is 14.5. The molecule has 2 aromatic carbocycles. The summed E-state index contributed by atoms with van der Waals surface area (Å²) in [6.45, 7) is 3.52. The predicted octanol–water partition coefficient (Wildman–Crippen LogP) is 4.51. The van der Waals surface area contributed by atoms with Gasteiger partial charge in [-0.05, 0) is 58.1 Å². The summed E-state index contributed by atoms with van der Waals surface area (Å²) in [4.78, 5) is 22.2. The first-order chi connectivity index (χ1) is 17.6. The minimum Gasteiger partial charge on any atom is -0.493 e. The number of methoxy groups -OCH3 is 2. The molecule has 0 radical (unpaired) electrons. The number of benzene rings is 2. The van der Waals surface area contributed by atoms with Crippen LogP contribution >= 0.6 is 23.7 Å². The molecule has 9 nitrogen and oxygen atoms in total. The fourth-order valence-corrected chi connectivity index (χ4v) is 7.13. The molecule has 0 spiro atoms. The third-order valence-corrected chi connectivity index (χ3v) is 9.65. The van der Waals surface area contributed by atoms with Gasteiger partial charge in [-0.3, -0.25) is 9.69 Å². The van der Waals surface area contributed by atoms with E-state index < -0.39 is 10.0 Å². The van der Waals surface area contributed by atoms with E-state index in [1.807, 2.05) is 32.0 Å². The molecule has 1 aromatic heterocycles. The van der Waals surface area contributed by atoms with Crippen LogP contribution in [0.3, 0.4) is 0 Å². The molecule has 1 aliphatic heterocycles. The van der Waals surface area contributed by atoms with Crippen LogP contribution in [0.15, 0.2) is 41.3 Å². The van der Waals surface area contributed by atoms with E-state index >= 15 is 0 Å². The number of hydrogen-bond donors (Lipinski definition) is 0. The molecule has 4 rings (SSSR count). The number of piperidine rings is 1. The molecule has 1 fully saturated rings. The summed E-state index contributed by atoms with van der Waals surface area (Å²) in [5.41, 5.74) is 1.11. The van der Waals surface area contributed by atoms with E-state index in [0.717, 1.165) is 24.0 Å². The molecule has 1 aliphatic rings. The van der Waals surface area contributed by atoms with Gasteiger partial charge in [0.15, 0.2) is 16.6 Å². The van der Waals surface area contributed by atoms with Crippen molar-refractivity contribution in [2.45, 2.75) is 37.1 Å². The number of nitrogens with zero attached hydrogens (tertiary/aromatic N) is 4. The van der Waals surface area contributed by atoms with Gasteiger partial charge in [-0.2, -0.15) is 4.31 Å². The summed E-state index contributed by atoms with van der Waals surface area (Å²) in [5.74, 6) is 0.921. The Hall–Kier alpha value is -2.44. The van der Waals surface area contributed by atoms with E-state index in [9.17, 15) is 13.2 Å². The number of carbonyl (C=O) groups is 1. The number of rotatable bonds is 9. The number of thiazole rings is 1. The Morgan fingerprint density at radius 2 is 1.74 bits per heavy atom. The molecule has 208 valence electrons. The Labute approximate surface area is 234 Å². The molecule has 0 N–H and O–H groups in total. The molecule has 2 heterocycles. The lowest BCUT2D eigenvalue weighted by Gasteiger charge is -2.32. The minimum atomic E-state index is -3.61. The number of sulfonamides is 1. The van der Waals surface area contributed by atoms with Gasteiger partial charge in [0, 0.05) is 43.4 Å². The molecular formula is C26H35ClN4O5S2. The topological polar surface area (TPSA) is 92.3 Å². The van der Waals surface area contributed by atoms with Crippen LogP contribution in [0.2, 0.25) is 0 Å². The van der Waals surface area contributed by atoms with Crippen molar-refractivity contribution in [2.24, 2.45) is 0 Å². The highest BCUT2D eigenvalue weighted by Crippen LogP contribution is 2.37. The van der Waals surface area contributed by atoms with Crippen LogP contribution in [0.1, 0.15) is 36.5 Å². The number of ether oxygens (including phenoxy) is 2. The Kier molecular flexibility index (Phi) is 9.99. The molecule has 0 bridgehead atoms. The molecular weight excluding hydrogens is 548 g/mol. The minimum absolute atomic E-state index is 0. The fourth-order valence-electron chi connectivity index (χ4n) is 4.43. The third-order valence-electron chi connectivity index (χ3n) is 6.58. The van der Waals surface area contributed by atoms with Crippen LogP contribution in [0.4, 0.5) is 5.13 Å². The smallest absolute Gasteiger partial charge is 0.260 e. The monoisotopic (exact) mass is 582 g/mol. The van der Waals surface area contributed by atoms with Crippen molar-refractivity contribution >= 4 is 55.0 Å². The van der Waals surface area contributed by atoms with Crippen LogP contribution < -0.4 is 14.4 Å². The number of halogens is 1. The molecule has 1 amide bonds. The maximum absolute atomic E-state index is 13.7. The number of carbonyl (C=O) groups excluding carboxylic acids is 1. The number of fused-ring (bicyclic) bond motifs is 1. The van der Waals surface area contributed by atoms with Gasteiger partial charge in [-0.25, -0.2) is 13.4 Å². The lowest BCUT2D eigenvalue weighted by Crippen LogP contribution is -2.41. The Bertz CT molecular complexity index is 1320. The average molecular weight is 583 g/mol. The van der Waals surface area contributed by atoms with E-state index in [0.29, 0.717) is 47.3 Å². The summed E-state index contributed by atoms with van der Waals surface area (Å²) in [7, 11) is 3.42. The highest BCUT2D eigenvalue weighted by atomic mass is 35.5. The first-order valence-electron chi connectivity index (χ1n) is 12.3. The summed E-state index contributed by atoms with van der Waals surface area (Å²) in [5, 5.41) is 0.552. The number of anilines is 1. The summed E-state index contributed by atoms with van der Waals surface area (Å²) in [6, 6.07) is 9.86. The SMILES string of the molecule is COc1cc2nc(N(CCN(C)C)C(=O)c3ccc(S(=O)(=O)N4CCCCC4C)cc3)sc2cc1OC.Cl. The van der Waals surface area contributed by atoms with E-state index in [1.54, 1.807) is 41.6 Å². The Balaban J connectivity index is 0.00000400.